The largest absolute Gasteiger partial charge is 0.460 e. The van der Waals surface area contributed by atoms with Crippen LogP contribution in [0.5, 0.6) is 0 Å². The molecule has 0 heterocycles. The fourth-order valence-electron chi connectivity index (χ4n) is 1.09. The maximum Gasteiger partial charge on any atom is 0.323 e. The van der Waals surface area contributed by atoms with Crippen molar-refractivity contribution in [2.24, 2.45) is 5.73 Å². The van der Waals surface area contributed by atoms with E-state index in [4.69, 9.17) is 15.6 Å². The first-order valence-corrected chi connectivity index (χ1v) is 4.81. The molecule has 4 nitrogen and oxygen atoms in total. The van der Waals surface area contributed by atoms with E-state index in [2.05, 4.69) is 0 Å². The van der Waals surface area contributed by atoms with Crippen LogP contribution in [0.3, 0.4) is 0 Å². The van der Waals surface area contributed by atoms with Crippen LogP contribution in [0.2, 0.25) is 0 Å². The van der Waals surface area contributed by atoms with Crippen molar-refractivity contribution in [3.63, 3.8) is 0 Å². The molecule has 1 atom stereocenters. The summed E-state index contributed by atoms with van der Waals surface area (Å²) in [6.07, 6.45) is 0.230. The van der Waals surface area contributed by atoms with Crippen LogP contribution < -0.4 is 5.73 Å². The molecule has 0 amide bonds. The van der Waals surface area contributed by atoms with Crippen molar-refractivity contribution in [3.05, 3.63) is 35.9 Å². The predicted molar refractivity (Wildman–Crippen MR) is 55.9 cm³/mol. The van der Waals surface area contributed by atoms with Gasteiger partial charge in [-0.25, -0.2) is 0 Å². The highest BCUT2D eigenvalue weighted by atomic mass is 16.5. The Morgan fingerprint density at radius 1 is 1.40 bits per heavy atom. The van der Waals surface area contributed by atoms with Gasteiger partial charge in [-0.1, -0.05) is 30.3 Å². The third-order valence-corrected chi connectivity index (χ3v) is 1.97. The van der Waals surface area contributed by atoms with Gasteiger partial charge in [0.15, 0.2) is 0 Å². The molecule has 0 aliphatic heterocycles. The zero-order valence-electron chi connectivity index (χ0n) is 8.43. The lowest BCUT2D eigenvalue weighted by Crippen LogP contribution is -2.33. The van der Waals surface area contributed by atoms with Crippen LogP contribution in [0, 0.1) is 0 Å². The van der Waals surface area contributed by atoms with Gasteiger partial charge in [0.25, 0.3) is 0 Å². The van der Waals surface area contributed by atoms with Crippen LogP contribution in [-0.4, -0.2) is 23.7 Å². The maximum absolute atomic E-state index is 11.2. The minimum absolute atomic E-state index is 0.110. The fourth-order valence-corrected chi connectivity index (χ4v) is 1.09. The summed E-state index contributed by atoms with van der Waals surface area (Å²) in [4.78, 5) is 11.2. The minimum atomic E-state index is -0.737. The molecular weight excluding hydrogens is 194 g/mol. The predicted octanol–water partition coefficient (Wildman–Crippen LogP) is 0.439. The van der Waals surface area contributed by atoms with Gasteiger partial charge in [-0.2, -0.15) is 0 Å². The van der Waals surface area contributed by atoms with E-state index in [1.165, 1.54) is 0 Å². The Morgan fingerprint density at radius 2 is 2.07 bits per heavy atom. The molecule has 0 saturated carbocycles. The molecule has 1 rings (SSSR count). The molecule has 0 aliphatic carbocycles. The number of carbonyl (C=O) groups excluding carboxylic acids is 1. The van der Waals surface area contributed by atoms with E-state index in [1.807, 2.05) is 30.3 Å². The van der Waals surface area contributed by atoms with Crippen molar-refractivity contribution < 1.29 is 14.6 Å². The number of hydrogen-bond donors (Lipinski definition) is 2. The molecule has 1 aromatic rings. The van der Waals surface area contributed by atoms with Crippen molar-refractivity contribution >= 4 is 5.97 Å². The quantitative estimate of drug-likeness (QED) is 0.690. The molecule has 1 unspecified atom stereocenters. The van der Waals surface area contributed by atoms with Gasteiger partial charge in [0.2, 0.25) is 0 Å². The Kier molecular flexibility index (Phi) is 4.80. The van der Waals surface area contributed by atoms with E-state index in [9.17, 15) is 4.79 Å². The minimum Gasteiger partial charge on any atom is -0.460 e. The number of esters is 1. The highest BCUT2D eigenvalue weighted by molar-refractivity contribution is 5.75. The second-order valence-corrected chi connectivity index (χ2v) is 3.21. The Hall–Kier alpha value is -1.39. The fraction of sp³-hybridized carbons (Fsp3) is 0.364. The molecule has 4 heteroatoms. The molecular formula is C11H15NO3. The van der Waals surface area contributed by atoms with Crippen LogP contribution in [0.4, 0.5) is 0 Å². The normalized spacial score (nSPS) is 12.1. The third-order valence-electron chi connectivity index (χ3n) is 1.97. The first-order chi connectivity index (χ1) is 7.24. The molecule has 82 valence electrons. The first-order valence-electron chi connectivity index (χ1n) is 4.81. The number of hydrogen-bond acceptors (Lipinski definition) is 4. The highest BCUT2D eigenvalue weighted by Crippen LogP contribution is 2.02. The van der Waals surface area contributed by atoms with Crippen molar-refractivity contribution in [1.29, 1.82) is 0 Å². The lowest BCUT2D eigenvalue weighted by Gasteiger charge is -2.09. The smallest absolute Gasteiger partial charge is 0.323 e. The second kappa shape index (κ2) is 6.16. The standard InChI is InChI=1S/C11H15NO3/c12-10(6-7-13)11(14)15-8-9-4-2-1-3-5-9/h1-5,10,13H,6-8,12H2. The average Bonchev–Trinajstić information content (AvgIpc) is 2.27. The number of nitrogens with two attached hydrogens (primary N) is 1. The number of benzene rings is 1. The summed E-state index contributed by atoms with van der Waals surface area (Å²) in [5, 5.41) is 8.58. The van der Waals surface area contributed by atoms with Crippen molar-refractivity contribution in [2.45, 2.75) is 19.1 Å². The zero-order chi connectivity index (χ0) is 11.1. The van der Waals surface area contributed by atoms with Crippen LogP contribution >= 0.6 is 0 Å². The molecule has 0 spiro atoms. The summed E-state index contributed by atoms with van der Waals surface area (Å²) in [5.74, 6) is -0.479. The number of aliphatic hydroxyl groups excluding tert-OH is 1. The summed E-state index contributed by atoms with van der Waals surface area (Å²) in [6.45, 7) is 0.112. The van der Waals surface area contributed by atoms with E-state index in [-0.39, 0.29) is 19.6 Å². The van der Waals surface area contributed by atoms with E-state index >= 15 is 0 Å². The van der Waals surface area contributed by atoms with Gasteiger partial charge in [-0.05, 0) is 12.0 Å². The van der Waals surface area contributed by atoms with Crippen LogP contribution in [0.15, 0.2) is 30.3 Å². The first kappa shape index (κ1) is 11.7. The number of rotatable bonds is 5. The van der Waals surface area contributed by atoms with Gasteiger partial charge in [0.1, 0.15) is 12.6 Å². The summed E-state index contributed by atoms with van der Waals surface area (Å²) in [6, 6.07) is 8.63. The lowest BCUT2D eigenvalue weighted by atomic mass is 10.2. The summed E-state index contributed by atoms with van der Waals surface area (Å²) in [5.41, 5.74) is 6.38. The molecule has 0 radical (unpaired) electrons. The summed E-state index contributed by atoms with van der Waals surface area (Å²) in [7, 11) is 0. The molecule has 0 saturated heterocycles. The highest BCUT2D eigenvalue weighted by Gasteiger charge is 2.13. The molecule has 15 heavy (non-hydrogen) atoms. The maximum atomic E-state index is 11.2. The van der Waals surface area contributed by atoms with E-state index < -0.39 is 12.0 Å². The summed E-state index contributed by atoms with van der Waals surface area (Å²) < 4.78 is 4.97. The molecule has 0 bridgehead atoms. The van der Waals surface area contributed by atoms with Gasteiger partial charge < -0.3 is 15.6 Å². The average molecular weight is 209 g/mol. The second-order valence-electron chi connectivity index (χ2n) is 3.21. The number of aliphatic hydroxyl groups is 1. The van der Waals surface area contributed by atoms with Gasteiger partial charge in [-0.3, -0.25) is 4.79 Å². The summed E-state index contributed by atoms with van der Waals surface area (Å²) >= 11 is 0. The Bertz CT molecular complexity index is 300. The lowest BCUT2D eigenvalue weighted by molar-refractivity contribution is -0.146. The van der Waals surface area contributed by atoms with Crippen molar-refractivity contribution in [3.8, 4) is 0 Å². The Balaban J connectivity index is 2.34. The van der Waals surface area contributed by atoms with E-state index in [0.717, 1.165) is 5.56 Å². The van der Waals surface area contributed by atoms with Crippen LogP contribution in [0.1, 0.15) is 12.0 Å². The SMILES string of the molecule is NC(CCO)C(=O)OCc1ccccc1. The van der Waals surface area contributed by atoms with Gasteiger partial charge in [-0.15, -0.1) is 0 Å². The Morgan fingerprint density at radius 3 is 2.67 bits per heavy atom. The topological polar surface area (TPSA) is 72.5 Å². The van der Waals surface area contributed by atoms with Crippen LogP contribution in [-0.2, 0) is 16.1 Å². The van der Waals surface area contributed by atoms with Crippen LogP contribution in [0.25, 0.3) is 0 Å². The van der Waals surface area contributed by atoms with Crippen molar-refractivity contribution in [2.75, 3.05) is 6.61 Å². The van der Waals surface area contributed by atoms with E-state index in [1.54, 1.807) is 0 Å². The van der Waals surface area contributed by atoms with Gasteiger partial charge >= 0.3 is 5.97 Å². The third kappa shape index (κ3) is 4.10. The molecule has 0 aliphatic rings. The number of ether oxygens (including phenoxy) is 1. The van der Waals surface area contributed by atoms with Gasteiger partial charge in [0, 0.05) is 6.61 Å². The Labute approximate surface area is 88.7 Å². The molecule has 3 N–H and O–H groups in total. The van der Waals surface area contributed by atoms with E-state index in [0.29, 0.717) is 0 Å². The molecule has 0 aromatic heterocycles. The zero-order valence-corrected chi connectivity index (χ0v) is 8.43. The molecule has 1 aromatic carbocycles. The van der Waals surface area contributed by atoms with Gasteiger partial charge in [0.05, 0.1) is 0 Å². The monoisotopic (exact) mass is 209 g/mol. The number of carbonyl (C=O) groups is 1. The molecule has 0 fully saturated rings. The van der Waals surface area contributed by atoms with Crippen molar-refractivity contribution in [1.82, 2.24) is 0 Å².